The number of aromatic nitrogens is 1. The summed E-state index contributed by atoms with van der Waals surface area (Å²) in [6.07, 6.45) is 0. The summed E-state index contributed by atoms with van der Waals surface area (Å²) in [4.78, 5) is 28.1. The predicted octanol–water partition coefficient (Wildman–Crippen LogP) is 3.51. The van der Waals surface area contributed by atoms with Crippen LogP contribution in [0.15, 0.2) is 48.5 Å². The normalized spacial score (nSPS) is 10.5. The molecule has 0 saturated carbocycles. The summed E-state index contributed by atoms with van der Waals surface area (Å²) in [6, 6.07) is 12.3. The smallest absolute Gasteiger partial charge is 0.325 e. The fourth-order valence-electron chi connectivity index (χ4n) is 2.49. The van der Waals surface area contributed by atoms with Gasteiger partial charge in [0.05, 0.1) is 12.6 Å². The number of carbonyl (C=O) groups excluding carboxylic acids is 2. The molecule has 8 heteroatoms. The molecule has 28 heavy (non-hydrogen) atoms. The molecule has 0 saturated heterocycles. The van der Waals surface area contributed by atoms with E-state index in [9.17, 15) is 14.0 Å². The van der Waals surface area contributed by atoms with E-state index in [4.69, 9.17) is 21.1 Å². The van der Waals surface area contributed by atoms with Gasteiger partial charge < -0.3 is 14.8 Å². The van der Waals surface area contributed by atoms with Gasteiger partial charge >= 0.3 is 5.97 Å². The van der Waals surface area contributed by atoms with E-state index in [0.717, 1.165) is 11.5 Å². The zero-order valence-corrected chi connectivity index (χ0v) is 15.6. The summed E-state index contributed by atoms with van der Waals surface area (Å²) in [6.45, 7) is -0.451. The van der Waals surface area contributed by atoms with Gasteiger partial charge in [-0.1, -0.05) is 17.7 Å². The molecule has 1 heterocycles. The topological polar surface area (TPSA) is 77.5 Å². The Bertz CT molecular complexity index is 1040. The molecule has 0 aliphatic rings. The molecule has 0 radical (unpaired) electrons. The molecule has 1 N–H and O–H groups in total. The number of carbonyl (C=O) groups is 2. The van der Waals surface area contributed by atoms with Gasteiger partial charge in [0.2, 0.25) is 0 Å². The minimum absolute atomic E-state index is 0.0948. The van der Waals surface area contributed by atoms with Crippen LogP contribution in [-0.4, -0.2) is 30.5 Å². The SMILES string of the molecule is COc1ccc2cc(COC(=O)CNC(=O)c3cccc(F)c3)c(Cl)nc2c1. The summed E-state index contributed by atoms with van der Waals surface area (Å²) in [5, 5.41) is 3.40. The summed E-state index contributed by atoms with van der Waals surface area (Å²) in [7, 11) is 1.56. The van der Waals surface area contributed by atoms with Crippen LogP contribution in [0.2, 0.25) is 5.15 Å². The minimum Gasteiger partial charge on any atom is -0.497 e. The molecule has 0 spiro atoms. The van der Waals surface area contributed by atoms with Gasteiger partial charge in [0.25, 0.3) is 5.91 Å². The molecule has 2 aromatic carbocycles. The second-order valence-corrected chi connectivity index (χ2v) is 6.21. The Hall–Kier alpha value is -3.19. The Morgan fingerprint density at radius 3 is 2.75 bits per heavy atom. The van der Waals surface area contributed by atoms with E-state index in [1.54, 1.807) is 25.3 Å². The first kappa shape index (κ1) is 19.6. The molecule has 0 aliphatic carbocycles. The quantitative estimate of drug-likeness (QED) is 0.504. The molecule has 1 amide bonds. The molecule has 0 aliphatic heterocycles. The molecular formula is C20H16ClFN2O4. The van der Waals surface area contributed by atoms with Crippen LogP contribution < -0.4 is 10.1 Å². The highest BCUT2D eigenvalue weighted by Crippen LogP contribution is 2.24. The van der Waals surface area contributed by atoms with Crippen molar-refractivity contribution >= 4 is 34.4 Å². The van der Waals surface area contributed by atoms with Crippen molar-refractivity contribution in [3.8, 4) is 5.75 Å². The highest BCUT2D eigenvalue weighted by atomic mass is 35.5. The van der Waals surface area contributed by atoms with Crippen LogP contribution in [0, 0.1) is 5.82 Å². The van der Waals surface area contributed by atoms with Gasteiger partial charge in [0, 0.05) is 22.6 Å². The van der Waals surface area contributed by atoms with Gasteiger partial charge in [-0.05, 0) is 36.4 Å². The van der Waals surface area contributed by atoms with Crippen molar-refractivity contribution in [1.82, 2.24) is 10.3 Å². The van der Waals surface area contributed by atoms with E-state index >= 15 is 0 Å². The van der Waals surface area contributed by atoms with E-state index < -0.39 is 17.7 Å². The Labute approximate surface area is 165 Å². The fourth-order valence-corrected chi connectivity index (χ4v) is 2.69. The minimum atomic E-state index is -0.657. The monoisotopic (exact) mass is 402 g/mol. The first-order chi connectivity index (χ1) is 13.5. The number of pyridine rings is 1. The summed E-state index contributed by atoms with van der Waals surface area (Å²) in [5.41, 5.74) is 1.30. The van der Waals surface area contributed by atoms with Crippen molar-refractivity contribution in [1.29, 1.82) is 0 Å². The molecule has 0 atom stereocenters. The number of hydrogen-bond donors (Lipinski definition) is 1. The van der Waals surface area contributed by atoms with Crippen molar-refractivity contribution in [3.63, 3.8) is 0 Å². The van der Waals surface area contributed by atoms with Crippen molar-refractivity contribution in [2.45, 2.75) is 6.61 Å². The zero-order chi connectivity index (χ0) is 20.1. The largest absolute Gasteiger partial charge is 0.497 e. The Balaban J connectivity index is 1.58. The number of rotatable bonds is 6. The first-order valence-electron chi connectivity index (χ1n) is 8.29. The summed E-state index contributed by atoms with van der Waals surface area (Å²) < 4.78 is 23.4. The molecule has 6 nitrogen and oxygen atoms in total. The Morgan fingerprint density at radius 2 is 2.00 bits per heavy atom. The van der Waals surface area contributed by atoms with E-state index in [-0.39, 0.29) is 23.9 Å². The van der Waals surface area contributed by atoms with Crippen molar-refractivity contribution in [2.75, 3.05) is 13.7 Å². The molecule has 0 fully saturated rings. The number of nitrogens with one attached hydrogen (secondary N) is 1. The number of methoxy groups -OCH3 is 1. The van der Waals surface area contributed by atoms with Crippen LogP contribution >= 0.6 is 11.6 Å². The highest BCUT2D eigenvalue weighted by Gasteiger charge is 2.12. The summed E-state index contributed by atoms with van der Waals surface area (Å²) in [5.74, 6) is -1.11. The van der Waals surface area contributed by atoms with Gasteiger partial charge in [-0.3, -0.25) is 9.59 Å². The first-order valence-corrected chi connectivity index (χ1v) is 8.66. The van der Waals surface area contributed by atoms with Gasteiger partial charge in [-0.2, -0.15) is 0 Å². The van der Waals surface area contributed by atoms with Crippen LogP contribution in [-0.2, 0) is 16.1 Å². The Morgan fingerprint density at radius 1 is 1.18 bits per heavy atom. The van der Waals surface area contributed by atoms with Crippen LogP contribution in [0.5, 0.6) is 5.75 Å². The molecule has 144 valence electrons. The number of hydrogen-bond acceptors (Lipinski definition) is 5. The number of halogens is 2. The molecule has 3 aromatic rings. The van der Waals surface area contributed by atoms with E-state index in [1.165, 1.54) is 18.2 Å². The average Bonchev–Trinajstić information content (AvgIpc) is 2.69. The van der Waals surface area contributed by atoms with Crippen LogP contribution in [0.1, 0.15) is 15.9 Å². The third kappa shape index (κ3) is 4.75. The highest BCUT2D eigenvalue weighted by molar-refractivity contribution is 6.30. The Kier molecular flexibility index (Phi) is 6.06. The summed E-state index contributed by atoms with van der Waals surface area (Å²) >= 11 is 6.16. The zero-order valence-electron chi connectivity index (χ0n) is 14.9. The number of ether oxygens (including phenoxy) is 2. The van der Waals surface area contributed by atoms with Crippen LogP contribution in [0.3, 0.4) is 0 Å². The lowest BCUT2D eigenvalue weighted by Crippen LogP contribution is -2.30. The maximum atomic E-state index is 13.1. The van der Waals surface area contributed by atoms with Gasteiger partial charge in [-0.15, -0.1) is 0 Å². The molecule has 0 bridgehead atoms. The molecular weight excluding hydrogens is 387 g/mol. The lowest BCUT2D eigenvalue weighted by molar-refractivity contribution is -0.143. The number of benzene rings is 2. The maximum Gasteiger partial charge on any atom is 0.325 e. The maximum absolute atomic E-state index is 13.1. The van der Waals surface area contributed by atoms with Crippen molar-refractivity contribution < 1.29 is 23.5 Å². The van der Waals surface area contributed by atoms with Gasteiger partial charge in [0.1, 0.15) is 29.9 Å². The second kappa shape index (κ2) is 8.67. The van der Waals surface area contributed by atoms with E-state index in [0.29, 0.717) is 16.8 Å². The average molecular weight is 403 g/mol. The van der Waals surface area contributed by atoms with E-state index in [2.05, 4.69) is 10.3 Å². The lowest BCUT2D eigenvalue weighted by atomic mass is 10.1. The second-order valence-electron chi connectivity index (χ2n) is 5.85. The van der Waals surface area contributed by atoms with Gasteiger partial charge in [-0.25, -0.2) is 9.37 Å². The third-order valence-corrected chi connectivity index (χ3v) is 4.25. The van der Waals surface area contributed by atoms with Crippen LogP contribution in [0.25, 0.3) is 10.9 Å². The molecule has 3 rings (SSSR count). The van der Waals surface area contributed by atoms with Crippen molar-refractivity contribution in [3.05, 3.63) is 70.6 Å². The van der Waals surface area contributed by atoms with Crippen molar-refractivity contribution in [2.24, 2.45) is 0 Å². The number of esters is 1. The lowest BCUT2D eigenvalue weighted by Gasteiger charge is -2.09. The third-order valence-electron chi connectivity index (χ3n) is 3.92. The predicted molar refractivity (Wildman–Crippen MR) is 102 cm³/mol. The molecule has 1 aromatic heterocycles. The number of fused-ring (bicyclic) bond motifs is 1. The molecule has 0 unspecified atom stereocenters. The van der Waals surface area contributed by atoms with Gasteiger partial charge in [0.15, 0.2) is 0 Å². The fraction of sp³-hybridized carbons (Fsp3) is 0.150. The number of nitrogens with zero attached hydrogens (tertiary/aromatic N) is 1. The van der Waals surface area contributed by atoms with E-state index in [1.807, 2.05) is 6.07 Å². The number of amides is 1. The standard InChI is InChI=1S/C20H16ClFN2O4/c1-27-16-6-5-12-7-14(19(21)24-17(12)9-16)11-28-18(25)10-23-20(26)13-3-2-4-15(22)8-13/h2-9H,10-11H2,1H3,(H,23,26). The van der Waals surface area contributed by atoms with Crippen LogP contribution in [0.4, 0.5) is 4.39 Å².